The molecule has 0 saturated heterocycles. The van der Waals surface area contributed by atoms with Crippen LogP contribution in [0, 0.1) is 13.8 Å². The van der Waals surface area contributed by atoms with Crippen molar-refractivity contribution >= 4 is 5.69 Å². The fourth-order valence-electron chi connectivity index (χ4n) is 1.98. The van der Waals surface area contributed by atoms with Gasteiger partial charge in [0.15, 0.2) is 0 Å². The van der Waals surface area contributed by atoms with Crippen molar-refractivity contribution < 1.29 is 5.11 Å². The van der Waals surface area contributed by atoms with Crippen LogP contribution >= 0.6 is 0 Å². The summed E-state index contributed by atoms with van der Waals surface area (Å²) in [6, 6.07) is 4.24. The van der Waals surface area contributed by atoms with Crippen molar-refractivity contribution in [2.45, 2.75) is 32.3 Å². The highest BCUT2D eigenvalue weighted by atomic mass is 16.3. The maximum absolute atomic E-state index is 10.1. The monoisotopic (exact) mass is 205 g/mol. The Bertz CT molecular complexity index is 392. The van der Waals surface area contributed by atoms with Crippen LogP contribution in [0.5, 0.6) is 0 Å². The number of benzene rings is 1. The van der Waals surface area contributed by atoms with E-state index in [4.69, 9.17) is 0 Å². The van der Waals surface area contributed by atoms with E-state index in [9.17, 15) is 5.11 Å². The Kier molecular flexibility index (Phi) is 2.27. The predicted molar refractivity (Wildman–Crippen MR) is 63.4 cm³/mol. The maximum atomic E-state index is 10.1. The van der Waals surface area contributed by atoms with Gasteiger partial charge >= 0.3 is 0 Å². The van der Waals surface area contributed by atoms with E-state index >= 15 is 0 Å². The van der Waals surface area contributed by atoms with Crippen molar-refractivity contribution in [1.29, 1.82) is 0 Å². The van der Waals surface area contributed by atoms with Crippen molar-refractivity contribution in [3.8, 4) is 0 Å². The van der Waals surface area contributed by atoms with Crippen LogP contribution in [0.4, 0.5) is 5.69 Å². The van der Waals surface area contributed by atoms with E-state index in [0.29, 0.717) is 0 Å². The summed E-state index contributed by atoms with van der Waals surface area (Å²) in [5, 5.41) is 10.1. The average molecular weight is 205 g/mol. The molecule has 1 saturated carbocycles. The smallest absolute Gasteiger partial charge is 0.0899 e. The summed E-state index contributed by atoms with van der Waals surface area (Å²) in [6.07, 6.45) is 1.81. The third-order valence-corrected chi connectivity index (χ3v) is 3.38. The van der Waals surface area contributed by atoms with Gasteiger partial charge in [0.2, 0.25) is 0 Å². The predicted octanol–water partition coefficient (Wildman–Crippen LogP) is 2.35. The third-order valence-electron chi connectivity index (χ3n) is 3.38. The van der Waals surface area contributed by atoms with Crippen molar-refractivity contribution in [2.24, 2.45) is 0 Å². The van der Waals surface area contributed by atoms with Gasteiger partial charge < -0.3 is 10.0 Å². The lowest BCUT2D eigenvalue weighted by molar-refractivity contribution is 0.151. The number of hydrogen-bond acceptors (Lipinski definition) is 2. The zero-order valence-corrected chi connectivity index (χ0v) is 9.96. The Morgan fingerprint density at radius 1 is 1.20 bits per heavy atom. The summed E-state index contributed by atoms with van der Waals surface area (Å²) in [5.41, 5.74) is 4.33. The molecule has 0 unspecified atom stereocenters. The first-order valence-corrected chi connectivity index (χ1v) is 5.45. The Morgan fingerprint density at radius 3 is 2.27 bits per heavy atom. The molecule has 2 nitrogen and oxygen atoms in total. The molecule has 0 atom stereocenters. The van der Waals surface area contributed by atoms with E-state index < -0.39 is 5.60 Å². The normalized spacial score (nSPS) is 17.7. The van der Waals surface area contributed by atoms with Gasteiger partial charge in [0, 0.05) is 19.8 Å². The molecular weight excluding hydrogens is 186 g/mol. The molecule has 2 heteroatoms. The first kappa shape index (κ1) is 10.5. The molecule has 1 aromatic carbocycles. The first-order valence-electron chi connectivity index (χ1n) is 5.45. The minimum atomic E-state index is -0.525. The second-order valence-corrected chi connectivity index (χ2v) is 4.86. The summed E-state index contributed by atoms with van der Waals surface area (Å²) in [5.74, 6) is 0. The van der Waals surface area contributed by atoms with Gasteiger partial charge in [-0.15, -0.1) is 0 Å². The van der Waals surface area contributed by atoms with E-state index in [1.165, 1.54) is 16.8 Å². The van der Waals surface area contributed by atoms with Gasteiger partial charge in [-0.05, 0) is 49.4 Å². The van der Waals surface area contributed by atoms with E-state index in [-0.39, 0.29) is 0 Å². The molecule has 0 amide bonds. The van der Waals surface area contributed by atoms with Gasteiger partial charge in [0.05, 0.1) is 5.60 Å². The van der Waals surface area contributed by atoms with Crippen molar-refractivity contribution in [3.05, 3.63) is 28.8 Å². The van der Waals surface area contributed by atoms with Gasteiger partial charge in [0.25, 0.3) is 0 Å². The Morgan fingerprint density at radius 2 is 1.80 bits per heavy atom. The summed E-state index contributed by atoms with van der Waals surface area (Å²) in [7, 11) is 4.09. The summed E-state index contributed by atoms with van der Waals surface area (Å²) in [6.45, 7) is 4.24. The lowest BCUT2D eigenvalue weighted by atomic mass is 9.99. The van der Waals surface area contributed by atoms with Gasteiger partial charge in [-0.3, -0.25) is 0 Å². The SMILES string of the molecule is Cc1cc(C2(O)CC2)cc(N(C)C)c1C. The first-order chi connectivity index (χ1) is 6.94. The third kappa shape index (κ3) is 1.74. The van der Waals surface area contributed by atoms with Crippen LogP contribution < -0.4 is 4.90 Å². The number of nitrogens with zero attached hydrogens (tertiary/aromatic N) is 1. The number of aliphatic hydroxyl groups is 1. The molecule has 1 fully saturated rings. The highest BCUT2D eigenvalue weighted by Gasteiger charge is 2.42. The molecule has 0 radical (unpaired) electrons. The highest BCUT2D eigenvalue weighted by Crippen LogP contribution is 2.46. The summed E-state index contributed by atoms with van der Waals surface area (Å²) < 4.78 is 0. The number of rotatable bonds is 2. The van der Waals surface area contributed by atoms with E-state index in [1.54, 1.807) is 0 Å². The minimum Gasteiger partial charge on any atom is -0.385 e. The highest BCUT2D eigenvalue weighted by molar-refractivity contribution is 5.58. The molecule has 82 valence electrons. The second-order valence-electron chi connectivity index (χ2n) is 4.86. The molecule has 0 aliphatic heterocycles. The van der Waals surface area contributed by atoms with Gasteiger partial charge in [-0.1, -0.05) is 6.07 Å². The molecule has 0 aromatic heterocycles. The van der Waals surface area contributed by atoms with Gasteiger partial charge in [-0.2, -0.15) is 0 Å². The number of aryl methyl sites for hydroxylation is 1. The van der Waals surface area contributed by atoms with E-state index in [1.807, 2.05) is 14.1 Å². The zero-order chi connectivity index (χ0) is 11.2. The van der Waals surface area contributed by atoms with Crippen LogP contribution in [0.2, 0.25) is 0 Å². The Balaban J connectivity index is 2.51. The van der Waals surface area contributed by atoms with Crippen LogP contribution in [0.25, 0.3) is 0 Å². The van der Waals surface area contributed by atoms with Crippen molar-refractivity contribution in [1.82, 2.24) is 0 Å². The average Bonchev–Trinajstić information content (AvgIpc) is 2.89. The van der Waals surface area contributed by atoms with E-state index in [2.05, 4.69) is 30.9 Å². The topological polar surface area (TPSA) is 23.5 Å². The van der Waals surface area contributed by atoms with Crippen LogP contribution in [0.1, 0.15) is 29.5 Å². The Labute approximate surface area is 91.5 Å². The molecule has 1 aliphatic rings. The lowest BCUT2D eigenvalue weighted by Crippen LogP contribution is -2.13. The zero-order valence-electron chi connectivity index (χ0n) is 9.96. The maximum Gasteiger partial charge on any atom is 0.0899 e. The minimum absolute atomic E-state index is 0.525. The summed E-state index contributed by atoms with van der Waals surface area (Å²) in [4.78, 5) is 2.11. The fraction of sp³-hybridized carbons (Fsp3) is 0.538. The molecule has 1 N–H and O–H groups in total. The molecule has 1 aliphatic carbocycles. The largest absolute Gasteiger partial charge is 0.385 e. The van der Waals surface area contributed by atoms with Crippen LogP contribution in [-0.4, -0.2) is 19.2 Å². The fourth-order valence-corrected chi connectivity index (χ4v) is 1.98. The molecule has 1 aromatic rings. The van der Waals surface area contributed by atoms with Crippen molar-refractivity contribution in [2.75, 3.05) is 19.0 Å². The molecular formula is C13H19NO. The number of hydrogen-bond donors (Lipinski definition) is 1. The van der Waals surface area contributed by atoms with E-state index in [0.717, 1.165) is 18.4 Å². The quantitative estimate of drug-likeness (QED) is 0.801. The molecule has 2 rings (SSSR count). The molecule has 0 bridgehead atoms. The van der Waals surface area contributed by atoms with Crippen molar-refractivity contribution in [3.63, 3.8) is 0 Å². The standard InChI is InChI=1S/C13H19NO/c1-9-7-11(13(15)5-6-13)8-12(10(9)2)14(3)4/h7-8,15H,5-6H2,1-4H3. The second kappa shape index (κ2) is 3.24. The van der Waals surface area contributed by atoms with Crippen LogP contribution in [0.15, 0.2) is 12.1 Å². The van der Waals surface area contributed by atoms with Crippen LogP contribution in [0.3, 0.4) is 0 Å². The Hall–Kier alpha value is -1.02. The van der Waals surface area contributed by atoms with Crippen LogP contribution in [-0.2, 0) is 5.60 Å². The summed E-state index contributed by atoms with van der Waals surface area (Å²) >= 11 is 0. The lowest BCUT2D eigenvalue weighted by Gasteiger charge is -2.20. The molecule has 0 heterocycles. The number of anilines is 1. The molecule has 15 heavy (non-hydrogen) atoms. The molecule has 0 spiro atoms. The van der Waals surface area contributed by atoms with Gasteiger partial charge in [-0.25, -0.2) is 0 Å². The van der Waals surface area contributed by atoms with Gasteiger partial charge in [0.1, 0.15) is 0 Å².